The van der Waals surface area contributed by atoms with E-state index in [4.69, 9.17) is 14.5 Å². The molecule has 0 spiro atoms. The van der Waals surface area contributed by atoms with E-state index in [-0.39, 0.29) is 30.0 Å². The summed E-state index contributed by atoms with van der Waals surface area (Å²) < 4.78 is 10.4. The number of aromatic nitrogens is 2. The third kappa shape index (κ3) is 6.95. The molecular formula is C37H46N6O5. The van der Waals surface area contributed by atoms with Gasteiger partial charge in [-0.05, 0) is 80.7 Å². The van der Waals surface area contributed by atoms with Crippen LogP contribution in [0.15, 0.2) is 53.7 Å². The van der Waals surface area contributed by atoms with Crippen LogP contribution in [0.5, 0.6) is 0 Å². The molecule has 0 aliphatic carbocycles. The highest BCUT2D eigenvalue weighted by Gasteiger charge is 2.39. The lowest BCUT2D eigenvalue weighted by molar-refractivity contribution is -0.134. The first-order chi connectivity index (χ1) is 22.9. The maximum absolute atomic E-state index is 13.6. The van der Waals surface area contributed by atoms with Crippen molar-refractivity contribution in [3.63, 3.8) is 0 Å². The maximum atomic E-state index is 13.6. The summed E-state index contributed by atoms with van der Waals surface area (Å²) >= 11 is 0. The molecule has 2 aromatic carbocycles. The Morgan fingerprint density at radius 1 is 0.938 bits per heavy atom. The van der Waals surface area contributed by atoms with Crippen molar-refractivity contribution in [3.8, 4) is 22.4 Å². The zero-order chi connectivity index (χ0) is 34.2. The van der Waals surface area contributed by atoms with Crippen LogP contribution < -0.4 is 5.32 Å². The van der Waals surface area contributed by atoms with Crippen LogP contribution in [0.2, 0.25) is 0 Å². The van der Waals surface area contributed by atoms with E-state index in [0.717, 1.165) is 70.9 Å². The molecular weight excluding hydrogens is 608 g/mol. The predicted octanol–water partition coefficient (Wildman–Crippen LogP) is 6.82. The van der Waals surface area contributed by atoms with Crippen molar-refractivity contribution in [3.05, 3.63) is 60.0 Å². The highest BCUT2D eigenvalue weighted by molar-refractivity contribution is 6.01. The van der Waals surface area contributed by atoms with Gasteiger partial charge in [0.2, 0.25) is 5.91 Å². The van der Waals surface area contributed by atoms with Crippen LogP contribution in [0.3, 0.4) is 0 Å². The Bertz CT molecular complexity index is 1710. The van der Waals surface area contributed by atoms with Crippen molar-refractivity contribution in [1.82, 2.24) is 25.1 Å². The zero-order valence-electron chi connectivity index (χ0n) is 28.7. The Balaban J connectivity index is 1.15. The smallest absolute Gasteiger partial charge is 0.410 e. The largest absolute Gasteiger partial charge is 0.453 e. The first-order valence-corrected chi connectivity index (χ1v) is 16.9. The van der Waals surface area contributed by atoms with Gasteiger partial charge in [-0.3, -0.25) is 14.7 Å². The van der Waals surface area contributed by atoms with E-state index in [2.05, 4.69) is 57.7 Å². The number of carbonyl (C=O) groups excluding carboxylic acids is 3. The lowest BCUT2D eigenvalue weighted by atomic mass is 9.98. The monoisotopic (exact) mass is 654 g/mol. The predicted molar refractivity (Wildman–Crippen MR) is 184 cm³/mol. The molecule has 0 radical (unpaired) electrons. The first kappa shape index (κ1) is 33.2. The summed E-state index contributed by atoms with van der Waals surface area (Å²) in [6, 6.07) is 13.8. The van der Waals surface area contributed by atoms with Gasteiger partial charge in [-0.2, -0.15) is 0 Å². The van der Waals surface area contributed by atoms with Gasteiger partial charge in [0.05, 0.1) is 36.8 Å². The van der Waals surface area contributed by atoms with Gasteiger partial charge in [0, 0.05) is 25.2 Å². The quantitative estimate of drug-likeness (QED) is 0.288. The van der Waals surface area contributed by atoms with Gasteiger partial charge >= 0.3 is 12.2 Å². The summed E-state index contributed by atoms with van der Waals surface area (Å²) in [5.41, 5.74) is 6.57. The van der Waals surface area contributed by atoms with Crippen LogP contribution >= 0.6 is 0 Å². The van der Waals surface area contributed by atoms with Gasteiger partial charge in [-0.25, -0.2) is 14.6 Å². The fraction of sp³-hybridized carbons (Fsp3) is 0.486. The normalized spacial score (nSPS) is 19.7. The Morgan fingerprint density at radius 3 is 2.29 bits per heavy atom. The minimum atomic E-state index is -0.653. The van der Waals surface area contributed by atoms with E-state index in [1.165, 1.54) is 7.11 Å². The maximum Gasteiger partial charge on any atom is 0.410 e. The molecule has 3 aliphatic rings. The van der Waals surface area contributed by atoms with Crippen molar-refractivity contribution < 1.29 is 23.9 Å². The molecule has 4 heterocycles. The topological polar surface area (TPSA) is 129 Å². The van der Waals surface area contributed by atoms with Crippen LogP contribution in [-0.2, 0) is 20.7 Å². The van der Waals surface area contributed by atoms with Crippen LogP contribution in [0, 0.1) is 5.92 Å². The highest BCUT2D eigenvalue weighted by Crippen LogP contribution is 2.37. The molecule has 254 valence electrons. The van der Waals surface area contributed by atoms with E-state index in [1.54, 1.807) is 4.90 Å². The van der Waals surface area contributed by atoms with Gasteiger partial charge < -0.3 is 24.7 Å². The minimum Gasteiger partial charge on any atom is -0.453 e. The lowest BCUT2D eigenvalue weighted by Gasteiger charge is -2.30. The number of nitrogens with one attached hydrogen (secondary N) is 2. The number of hydrogen-bond acceptors (Lipinski definition) is 7. The number of methoxy groups -OCH3 is 1. The standard InChI is InChI=1S/C37H46N6O5/c1-22(2)32(41-35(45)47-6)34(44)42-17-7-9-30(42)28-20-26-16-15-25(19-27(26)39-28)23-11-13-24(14-12-23)29-21-38-33(40-29)31-10-8-18-43(31)36(46)48-37(3,4)5/h11-16,19,21-22,30-32H,7-10,17-18,20H2,1-6H3,(H,38,40)(H,41,45)/t30-,31-,32-/m0/s1. The molecule has 0 unspecified atom stereocenters. The number of rotatable bonds is 7. The van der Waals surface area contributed by atoms with E-state index in [1.807, 2.05) is 45.7 Å². The summed E-state index contributed by atoms with van der Waals surface area (Å²) in [5.74, 6) is 0.601. The fourth-order valence-corrected chi connectivity index (χ4v) is 6.92. The van der Waals surface area contributed by atoms with Crippen molar-refractivity contribution in [2.45, 2.75) is 90.4 Å². The number of benzene rings is 2. The third-order valence-electron chi connectivity index (χ3n) is 9.35. The average molecular weight is 655 g/mol. The number of ether oxygens (including phenoxy) is 2. The zero-order valence-corrected chi connectivity index (χ0v) is 28.7. The second-order valence-corrected chi connectivity index (χ2v) is 14.3. The minimum absolute atomic E-state index is 0.0772. The summed E-state index contributed by atoms with van der Waals surface area (Å²) in [7, 11) is 1.30. The molecule has 48 heavy (non-hydrogen) atoms. The molecule has 11 heteroatoms. The molecule has 3 aromatic rings. The van der Waals surface area contributed by atoms with Gasteiger partial charge in [0.25, 0.3) is 0 Å². The van der Waals surface area contributed by atoms with Crippen LogP contribution in [-0.4, -0.2) is 81.5 Å². The number of hydrogen-bond donors (Lipinski definition) is 2. The van der Waals surface area contributed by atoms with E-state index < -0.39 is 17.7 Å². The Hall–Kier alpha value is -4.67. The van der Waals surface area contributed by atoms with Crippen LogP contribution in [0.1, 0.15) is 77.7 Å². The molecule has 0 bridgehead atoms. The number of carbonyl (C=O) groups is 3. The molecule has 3 atom stereocenters. The number of H-pyrrole nitrogens is 1. The summed E-state index contributed by atoms with van der Waals surface area (Å²) in [6.45, 7) is 10.8. The Kier molecular flexibility index (Phi) is 9.31. The number of amides is 3. The number of fused-ring (bicyclic) bond motifs is 1. The molecule has 1 aromatic heterocycles. The number of imidazole rings is 1. The fourth-order valence-electron chi connectivity index (χ4n) is 6.92. The molecule has 3 amide bonds. The van der Waals surface area contributed by atoms with Crippen LogP contribution in [0.4, 0.5) is 15.3 Å². The van der Waals surface area contributed by atoms with Gasteiger partial charge in [-0.1, -0.05) is 50.2 Å². The first-order valence-electron chi connectivity index (χ1n) is 16.9. The van der Waals surface area contributed by atoms with E-state index >= 15 is 0 Å². The van der Waals surface area contributed by atoms with Gasteiger partial charge in [0.1, 0.15) is 17.5 Å². The highest BCUT2D eigenvalue weighted by atomic mass is 16.6. The number of aromatic amines is 1. The third-order valence-corrected chi connectivity index (χ3v) is 9.35. The van der Waals surface area contributed by atoms with Crippen molar-refractivity contribution in [1.29, 1.82) is 0 Å². The second kappa shape index (κ2) is 13.4. The molecule has 2 fully saturated rings. The molecule has 0 saturated carbocycles. The number of aliphatic imine (C=N–C) groups is 1. The molecule has 2 N–H and O–H groups in total. The number of alkyl carbamates (subject to hydrolysis) is 1. The summed E-state index contributed by atoms with van der Waals surface area (Å²) in [5, 5.41) is 2.72. The van der Waals surface area contributed by atoms with E-state index in [9.17, 15) is 14.4 Å². The summed E-state index contributed by atoms with van der Waals surface area (Å²) in [4.78, 5) is 55.1. The summed E-state index contributed by atoms with van der Waals surface area (Å²) in [6.07, 6.45) is 5.12. The van der Waals surface area contributed by atoms with E-state index in [0.29, 0.717) is 19.5 Å². The molecule has 3 aliphatic heterocycles. The second-order valence-electron chi connectivity index (χ2n) is 14.3. The van der Waals surface area contributed by atoms with Gasteiger partial charge in [0.15, 0.2) is 0 Å². The average Bonchev–Trinajstić information content (AvgIpc) is 3.87. The van der Waals surface area contributed by atoms with Crippen molar-refractivity contribution in [2.24, 2.45) is 10.9 Å². The van der Waals surface area contributed by atoms with Crippen LogP contribution in [0.25, 0.3) is 22.4 Å². The SMILES string of the molecule is COC(=O)N[C@H](C(=O)N1CCC[C@H]1C1=Nc2cc(-c3ccc(-c4cnc([C@@H]5CCCN5C(=O)OC(C)(C)C)[nH]4)cc3)ccc2C1)C(C)C. The number of nitrogens with zero attached hydrogens (tertiary/aromatic N) is 4. The Morgan fingerprint density at radius 2 is 1.60 bits per heavy atom. The molecule has 2 saturated heterocycles. The number of likely N-dealkylation sites (tertiary alicyclic amines) is 2. The molecule has 11 nitrogen and oxygen atoms in total. The Labute approximate surface area is 282 Å². The van der Waals surface area contributed by atoms with Crippen molar-refractivity contribution >= 4 is 29.5 Å². The van der Waals surface area contributed by atoms with Gasteiger partial charge in [-0.15, -0.1) is 0 Å². The lowest BCUT2D eigenvalue weighted by Crippen LogP contribution is -2.53. The molecule has 6 rings (SSSR count). The van der Waals surface area contributed by atoms with Crippen molar-refractivity contribution in [2.75, 3.05) is 20.2 Å².